The molecule has 3 aromatic rings. The van der Waals surface area contributed by atoms with Crippen LogP contribution in [-0.4, -0.2) is 37.2 Å². The highest BCUT2D eigenvalue weighted by Crippen LogP contribution is 2.27. The molecule has 27 heavy (non-hydrogen) atoms. The molecule has 6 nitrogen and oxygen atoms in total. The Morgan fingerprint density at radius 3 is 2.37 bits per heavy atom. The fourth-order valence-corrected chi connectivity index (χ4v) is 3.36. The van der Waals surface area contributed by atoms with E-state index < -0.39 is 10.0 Å². The number of halogens is 2. The maximum absolute atomic E-state index is 11.5. The fourth-order valence-electron chi connectivity index (χ4n) is 2.46. The van der Waals surface area contributed by atoms with E-state index in [1.165, 1.54) is 0 Å². The van der Waals surface area contributed by atoms with E-state index in [-0.39, 0.29) is 12.3 Å². The van der Waals surface area contributed by atoms with Crippen LogP contribution in [0, 0.1) is 0 Å². The largest absolute Gasteiger partial charge is 0.368 e. The maximum Gasteiger partial charge on any atom is 0.211 e. The van der Waals surface area contributed by atoms with Crippen LogP contribution >= 0.6 is 23.2 Å². The number of aromatic nitrogens is 2. The second-order valence-corrected chi connectivity index (χ2v) is 8.76. The van der Waals surface area contributed by atoms with Crippen molar-refractivity contribution in [3.05, 3.63) is 52.5 Å². The number of hydrogen-bond acceptors (Lipinski definition) is 5. The van der Waals surface area contributed by atoms with Gasteiger partial charge in [0.2, 0.25) is 10.0 Å². The number of sulfonamides is 1. The first-order valence-electron chi connectivity index (χ1n) is 8.32. The van der Waals surface area contributed by atoms with Gasteiger partial charge in [0.15, 0.2) is 5.82 Å². The first kappa shape index (κ1) is 19.8. The van der Waals surface area contributed by atoms with E-state index in [1.807, 2.05) is 18.2 Å². The summed E-state index contributed by atoms with van der Waals surface area (Å²) in [4.78, 5) is 9.19. The number of rotatable bonds is 7. The molecule has 9 heteroatoms. The predicted molar refractivity (Wildman–Crippen MR) is 111 cm³/mol. The van der Waals surface area contributed by atoms with E-state index in [0.29, 0.717) is 33.7 Å². The van der Waals surface area contributed by atoms with Gasteiger partial charge in [-0.2, -0.15) is 0 Å². The molecule has 0 spiro atoms. The van der Waals surface area contributed by atoms with E-state index in [4.69, 9.17) is 23.2 Å². The lowest BCUT2D eigenvalue weighted by atomic mass is 10.2. The molecule has 0 radical (unpaired) electrons. The third-order valence-corrected chi connectivity index (χ3v) is 5.77. The molecule has 0 saturated heterocycles. The second-order valence-electron chi connectivity index (χ2n) is 5.79. The van der Waals surface area contributed by atoms with Crippen LogP contribution in [0.5, 0.6) is 0 Å². The highest BCUT2D eigenvalue weighted by atomic mass is 35.5. The number of benzene rings is 2. The van der Waals surface area contributed by atoms with Gasteiger partial charge in [-0.15, -0.1) is 0 Å². The monoisotopic (exact) mass is 424 g/mol. The summed E-state index contributed by atoms with van der Waals surface area (Å²) in [6.07, 6.45) is 0. The minimum absolute atomic E-state index is 0.0443. The smallest absolute Gasteiger partial charge is 0.211 e. The van der Waals surface area contributed by atoms with Gasteiger partial charge in [0, 0.05) is 34.1 Å². The van der Waals surface area contributed by atoms with Crippen molar-refractivity contribution in [1.82, 2.24) is 14.7 Å². The lowest BCUT2D eigenvalue weighted by Gasteiger charge is -2.12. The van der Waals surface area contributed by atoms with Crippen LogP contribution in [0.2, 0.25) is 10.0 Å². The van der Waals surface area contributed by atoms with Crippen molar-refractivity contribution in [2.24, 2.45) is 0 Å². The van der Waals surface area contributed by atoms with Crippen LogP contribution in [0.1, 0.15) is 6.92 Å². The van der Waals surface area contributed by atoms with Gasteiger partial charge >= 0.3 is 0 Å². The summed E-state index contributed by atoms with van der Waals surface area (Å²) in [6.45, 7) is 2.23. The zero-order chi connectivity index (χ0) is 19.4. The SMILES string of the molecule is CCS(=O)(=O)NCCNc1nc(-c2ccc(Cl)cc2)nc2cc(Cl)ccc12. The van der Waals surface area contributed by atoms with Gasteiger partial charge in [0.25, 0.3) is 0 Å². The third kappa shape index (κ3) is 5.07. The van der Waals surface area contributed by atoms with Crippen LogP contribution < -0.4 is 10.0 Å². The standard InChI is InChI=1S/C18H18Cl2N4O2S/c1-2-27(25,26)22-10-9-21-18-15-8-7-14(20)11-16(15)23-17(24-18)12-3-5-13(19)6-4-12/h3-8,11,22H,2,9-10H2,1H3,(H,21,23,24). The zero-order valence-corrected chi connectivity index (χ0v) is 16.9. The summed E-state index contributed by atoms with van der Waals surface area (Å²) in [7, 11) is -3.23. The average Bonchev–Trinajstić information content (AvgIpc) is 2.65. The van der Waals surface area contributed by atoms with E-state index >= 15 is 0 Å². The highest BCUT2D eigenvalue weighted by molar-refractivity contribution is 7.89. The van der Waals surface area contributed by atoms with Crippen LogP contribution in [0.15, 0.2) is 42.5 Å². The Morgan fingerprint density at radius 2 is 1.67 bits per heavy atom. The Bertz CT molecular complexity index is 1060. The molecule has 1 heterocycles. The highest BCUT2D eigenvalue weighted by Gasteiger charge is 2.11. The van der Waals surface area contributed by atoms with Crippen molar-refractivity contribution in [3.63, 3.8) is 0 Å². The minimum Gasteiger partial charge on any atom is -0.368 e. The summed E-state index contributed by atoms with van der Waals surface area (Å²) in [5.74, 6) is 1.18. The van der Waals surface area contributed by atoms with Gasteiger partial charge in [-0.25, -0.2) is 23.1 Å². The van der Waals surface area contributed by atoms with Crippen LogP contribution in [-0.2, 0) is 10.0 Å². The summed E-state index contributed by atoms with van der Waals surface area (Å²) in [5, 5.41) is 5.18. The molecule has 3 rings (SSSR count). The summed E-state index contributed by atoms with van der Waals surface area (Å²) in [6, 6.07) is 12.6. The molecular weight excluding hydrogens is 407 g/mol. The van der Waals surface area contributed by atoms with Crippen LogP contribution in [0.4, 0.5) is 5.82 Å². The first-order chi connectivity index (χ1) is 12.9. The van der Waals surface area contributed by atoms with Gasteiger partial charge in [0.1, 0.15) is 5.82 Å². The summed E-state index contributed by atoms with van der Waals surface area (Å²) >= 11 is 12.1. The van der Waals surface area contributed by atoms with E-state index in [9.17, 15) is 8.42 Å². The molecule has 0 saturated carbocycles. The third-order valence-electron chi connectivity index (χ3n) is 3.88. The molecule has 0 aliphatic rings. The molecular formula is C18H18Cl2N4O2S. The minimum atomic E-state index is -3.23. The summed E-state index contributed by atoms with van der Waals surface area (Å²) < 4.78 is 25.6. The molecule has 1 aromatic heterocycles. The number of hydrogen-bond donors (Lipinski definition) is 2. The predicted octanol–water partition coefficient (Wildman–Crippen LogP) is 3.95. The van der Waals surface area contributed by atoms with Gasteiger partial charge in [-0.05, 0) is 49.4 Å². The number of nitrogens with zero attached hydrogens (tertiary/aromatic N) is 2. The zero-order valence-electron chi connectivity index (χ0n) is 14.5. The Kier molecular flexibility index (Phi) is 6.16. The quantitative estimate of drug-likeness (QED) is 0.560. The van der Waals surface area contributed by atoms with Crippen molar-refractivity contribution in [1.29, 1.82) is 0 Å². The molecule has 0 aliphatic heterocycles. The van der Waals surface area contributed by atoms with Gasteiger partial charge in [-0.3, -0.25) is 0 Å². The van der Waals surface area contributed by atoms with Crippen molar-refractivity contribution < 1.29 is 8.42 Å². The molecule has 0 fully saturated rings. The normalized spacial score (nSPS) is 11.7. The van der Waals surface area contributed by atoms with Gasteiger partial charge in [-0.1, -0.05) is 23.2 Å². The van der Waals surface area contributed by atoms with E-state index in [2.05, 4.69) is 20.0 Å². The molecule has 0 atom stereocenters. The van der Waals surface area contributed by atoms with Crippen molar-refractivity contribution in [3.8, 4) is 11.4 Å². The van der Waals surface area contributed by atoms with Crippen molar-refractivity contribution >= 4 is 49.9 Å². The van der Waals surface area contributed by atoms with E-state index in [0.717, 1.165) is 10.9 Å². The lowest BCUT2D eigenvalue weighted by molar-refractivity contribution is 0.584. The molecule has 0 unspecified atom stereocenters. The fraction of sp³-hybridized carbons (Fsp3) is 0.222. The van der Waals surface area contributed by atoms with Crippen molar-refractivity contribution in [2.75, 3.05) is 24.2 Å². The molecule has 2 N–H and O–H groups in total. The Morgan fingerprint density at radius 1 is 0.963 bits per heavy atom. The summed E-state index contributed by atoms with van der Waals surface area (Å²) in [5.41, 5.74) is 1.51. The molecule has 0 amide bonds. The molecule has 142 valence electrons. The van der Waals surface area contributed by atoms with E-state index in [1.54, 1.807) is 31.2 Å². The van der Waals surface area contributed by atoms with Gasteiger partial charge in [0.05, 0.1) is 11.3 Å². The maximum atomic E-state index is 11.5. The molecule has 2 aromatic carbocycles. The topological polar surface area (TPSA) is 84.0 Å². The van der Waals surface area contributed by atoms with Crippen LogP contribution in [0.25, 0.3) is 22.3 Å². The Hall–Kier alpha value is -1.93. The second kappa shape index (κ2) is 8.39. The number of anilines is 1. The lowest BCUT2D eigenvalue weighted by Crippen LogP contribution is -2.30. The first-order valence-corrected chi connectivity index (χ1v) is 10.7. The van der Waals surface area contributed by atoms with Crippen LogP contribution in [0.3, 0.4) is 0 Å². The Labute approximate surface area is 168 Å². The van der Waals surface area contributed by atoms with Crippen molar-refractivity contribution in [2.45, 2.75) is 6.92 Å². The molecule has 0 aliphatic carbocycles. The number of nitrogens with one attached hydrogen (secondary N) is 2. The Balaban J connectivity index is 1.91. The average molecular weight is 425 g/mol. The molecule has 0 bridgehead atoms. The van der Waals surface area contributed by atoms with Gasteiger partial charge < -0.3 is 5.32 Å². The number of fused-ring (bicyclic) bond motifs is 1.